The first-order chi connectivity index (χ1) is 15.0. The number of halogens is 10. The van der Waals surface area contributed by atoms with Gasteiger partial charge >= 0.3 is 24.6 Å². The van der Waals surface area contributed by atoms with E-state index in [1.807, 2.05) is 0 Å². The van der Waals surface area contributed by atoms with Gasteiger partial charge in [0.1, 0.15) is 6.07 Å². The van der Waals surface area contributed by atoms with E-state index in [1.165, 1.54) is 0 Å². The standard InChI is InChI=1S/C19H8ClF9N2O2/c20-14-6-13(2-1-9(14)7-30)31-8-16(19(27,28)29,33-15(31)32)10-3-11(17(21,22)23)5-12(4-10)18(24,25)26/h1-6H,8H2. The first kappa shape index (κ1) is 24.5. The second kappa shape index (κ2) is 7.72. The van der Waals surface area contributed by atoms with E-state index in [4.69, 9.17) is 16.9 Å². The van der Waals surface area contributed by atoms with Crippen molar-refractivity contribution in [2.24, 2.45) is 0 Å². The van der Waals surface area contributed by atoms with E-state index in [2.05, 4.69) is 4.74 Å². The minimum absolute atomic E-state index is 0.0947. The Kier molecular flexibility index (Phi) is 5.73. The van der Waals surface area contributed by atoms with Gasteiger partial charge < -0.3 is 4.74 Å². The van der Waals surface area contributed by atoms with E-state index in [9.17, 15) is 44.3 Å². The molecule has 1 heterocycles. The molecule has 2 aromatic rings. The first-order valence-electron chi connectivity index (χ1n) is 8.56. The lowest BCUT2D eigenvalue weighted by Crippen LogP contribution is -2.46. The number of nitriles is 1. The smallest absolute Gasteiger partial charge is 0.426 e. The molecule has 2 aromatic carbocycles. The number of benzene rings is 2. The third-order valence-electron chi connectivity index (χ3n) is 4.76. The van der Waals surface area contributed by atoms with Crippen molar-refractivity contribution in [3.05, 3.63) is 63.7 Å². The maximum absolute atomic E-state index is 14.1. The van der Waals surface area contributed by atoms with E-state index >= 15 is 0 Å². The fourth-order valence-electron chi connectivity index (χ4n) is 3.13. The molecule has 1 unspecified atom stereocenters. The molecule has 0 radical (unpaired) electrons. The number of hydrogen-bond acceptors (Lipinski definition) is 3. The number of ether oxygens (including phenoxy) is 1. The van der Waals surface area contributed by atoms with E-state index in [-0.39, 0.29) is 34.5 Å². The summed E-state index contributed by atoms with van der Waals surface area (Å²) in [6.45, 7) is -1.50. The summed E-state index contributed by atoms with van der Waals surface area (Å²) >= 11 is 5.80. The summed E-state index contributed by atoms with van der Waals surface area (Å²) in [4.78, 5) is 12.6. The Morgan fingerprint density at radius 2 is 1.48 bits per heavy atom. The minimum atomic E-state index is -5.61. The molecule has 1 aliphatic heterocycles. The van der Waals surface area contributed by atoms with Crippen molar-refractivity contribution < 1.29 is 49.0 Å². The van der Waals surface area contributed by atoms with Crippen LogP contribution in [0.1, 0.15) is 22.3 Å². The van der Waals surface area contributed by atoms with Gasteiger partial charge in [0.05, 0.1) is 28.3 Å². The fourth-order valence-corrected chi connectivity index (χ4v) is 3.35. The number of rotatable bonds is 2. The molecule has 1 aliphatic rings. The second-order valence-corrected chi connectivity index (χ2v) is 7.26. The number of carbonyl (C=O) groups is 1. The summed E-state index contributed by atoms with van der Waals surface area (Å²) in [6, 6.07) is 4.04. The summed E-state index contributed by atoms with van der Waals surface area (Å²) in [5, 5.41) is 8.62. The Balaban J connectivity index is 2.21. The van der Waals surface area contributed by atoms with Crippen LogP contribution in [0.15, 0.2) is 36.4 Å². The highest BCUT2D eigenvalue weighted by Crippen LogP contribution is 2.50. The molecule has 176 valence electrons. The molecular formula is C19H8ClF9N2O2. The molecule has 0 aromatic heterocycles. The van der Waals surface area contributed by atoms with Crippen LogP contribution < -0.4 is 4.90 Å². The van der Waals surface area contributed by atoms with Crippen LogP contribution in [0.4, 0.5) is 50.0 Å². The Labute approximate surface area is 183 Å². The predicted octanol–water partition coefficient (Wildman–Crippen LogP) is 6.66. The lowest BCUT2D eigenvalue weighted by Gasteiger charge is -2.31. The number of carbonyl (C=O) groups excluding carboxylic acids is 1. The van der Waals surface area contributed by atoms with Crippen molar-refractivity contribution in [3.63, 3.8) is 0 Å². The molecule has 0 aliphatic carbocycles. The molecule has 14 heteroatoms. The van der Waals surface area contributed by atoms with Crippen LogP contribution in [-0.4, -0.2) is 18.8 Å². The van der Waals surface area contributed by atoms with E-state index in [0.717, 1.165) is 18.2 Å². The maximum atomic E-state index is 14.1. The van der Waals surface area contributed by atoms with Gasteiger partial charge in [-0.25, -0.2) is 4.79 Å². The molecule has 0 spiro atoms. The molecule has 3 rings (SSSR count). The van der Waals surface area contributed by atoms with Crippen molar-refractivity contribution in [1.82, 2.24) is 0 Å². The van der Waals surface area contributed by atoms with Gasteiger partial charge in [-0.1, -0.05) is 11.6 Å². The molecule has 1 fully saturated rings. The summed E-state index contributed by atoms with van der Waals surface area (Å²) in [7, 11) is 0. The largest absolute Gasteiger partial charge is 0.434 e. The highest BCUT2D eigenvalue weighted by molar-refractivity contribution is 6.32. The third kappa shape index (κ3) is 4.39. The monoisotopic (exact) mass is 502 g/mol. The van der Waals surface area contributed by atoms with E-state index < -0.39 is 53.5 Å². The zero-order valence-electron chi connectivity index (χ0n) is 15.7. The Morgan fingerprint density at radius 3 is 1.91 bits per heavy atom. The Hall–Kier alpha value is -3.14. The third-order valence-corrected chi connectivity index (χ3v) is 5.07. The summed E-state index contributed by atoms with van der Waals surface area (Å²) in [6.07, 6.45) is -18.2. The van der Waals surface area contributed by atoms with Crippen LogP contribution >= 0.6 is 11.6 Å². The maximum Gasteiger partial charge on any atom is 0.434 e. The average Bonchev–Trinajstić information content (AvgIpc) is 3.05. The second-order valence-electron chi connectivity index (χ2n) is 6.85. The van der Waals surface area contributed by atoms with Crippen molar-refractivity contribution in [2.75, 3.05) is 11.4 Å². The lowest BCUT2D eigenvalue weighted by molar-refractivity contribution is -0.250. The topological polar surface area (TPSA) is 53.3 Å². The van der Waals surface area contributed by atoms with Crippen molar-refractivity contribution in [3.8, 4) is 6.07 Å². The van der Waals surface area contributed by atoms with Gasteiger partial charge in [-0.2, -0.15) is 44.8 Å². The number of cyclic esters (lactones) is 1. The van der Waals surface area contributed by atoms with Gasteiger partial charge in [0.15, 0.2) is 0 Å². The summed E-state index contributed by atoms with van der Waals surface area (Å²) in [5.41, 5.74) is -9.85. The zero-order valence-corrected chi connectivity index (χ0v) is 16.4. The number of anilines is 1. The molecular weight excluding hydrogens is 495 g/mol. The number of nitrogens with zero attached hydrogens (tertiary/aromatic N) is 2. The van der Waals surface area contributed by atoms with Gasteiger partial charge in [-0.3, -0.25) is 4.90 Å². The van der Waals surface area contributed by atoms with Crippen LogP contribution in [0.3, 0.4) is 0 Å². The number of alkyl halides is 9. The molecule has 0 bridgehead atoms. The first-order valence-corrected chi connectivity index (χ1v) is 8.94. The lowest BCUT2D eigenvalue weighted by atomic mass is 9.89. The summed E-state index contributed by atoms with van der Waals surface area (Å²) < 4.78 is 126. The quantitative estimate of drug-likeness (QED) is 0.431. The van der Waals surface area contributed by atoms with Gasteiger partial charge in [0.25, 0.3) is 5.60 Å². The van der Waals surface area contributed by atoms with Crippen LogP contribution in [0.25, 0.3) is 0 Å². The fraction of sp³-hybridized carbons (Fsp3) is 0.263. The Morgan fingerprint density at radius 1 is 0.939 bits per heavy atom. The SMILES string of the molecule is N#Cc1ccc(N2CC(c3cc(C(F)(F)F)cc(C(F)(F)F)c3)(C(F)(F)F)OC2=O)cc1Cl. The van der Waals surface area contributed by atoms with Gasteiger partial charge in [0.2, 0.25) is 0 Å². The Bertz CT molecular complexity index is 1120. The van der Waals surface area contributed by atoms with E-state index in [1.54, 1.807) is 6.07 Å². The predicted molar refractivity (Wildman–Crippen MR) is 94.2 cm³/mol. The van der Waals surface area contributed by atoms with Crippen LogP contribution in [0.2, 0.25) is 5.02 Å². The number of hydrogen-bond donors (Lipinski definition) is 0. The van der Waals surface area contributed by atoms with Gasteiger partial charge in [0, 0.05) is 11.3 Å². The van der Waals surface area contributed by atoms with Crippen molar-refractivity contribution in [2.45, 2.75) is 24.1 Å². The minimum Gasteiger partial charge on any atom is -0.426 e. The zero-order chi connectivity index (χ0) is 25.0. The van der Waals surface area contributed by atoms with Crippen LogP contribution in [-0.2, 0) is 22.7 Å². The highest BCUT2D eigenvalue weighted by atomic mass is 35.5. The van der Waals surface area contributed by atoms with Crippen LogP contribution in [0, 0.1) is 11.3 Å². The summed E-state index contributed by atoms with van der Waals surface area (Å²) in [5.74, 6) is 0. The van der Waals surface area contributed by atoms with E-state index in [0.29, 0.717) is 4.90 Å². The highest BCUT2D eigenvalue weighted by Gasteiger charge is 2.65. The molecule has 1 atom stereocenters. The molecule has 1 amide bonds. The molecule has 4 nitrogen and oxygen atoms in total. The average molecular weight is 503 g/mol. The van der Waals surface area contributed by atoms with Gasteiger partial charge in [-0.05, 0) is 36.4 Å². The molecule has 1 saturated heterocycles. The normalized spacial score (nSPS) is 19.4. The number of amides is 1. The van der Waals surface area contributed by atoms with Crippen molar-refractivity contribution >= 4 is 23.4 Å². The van der Waals surface area contributed by atoms with Crippen molar-refractivity contribution in [1.29, 1.82) is 5.26 Å². The molecule has 33 heavy (non-hydrogen) atoms. The van der Waals surface area contributed by atoms with Gasteiger partial charge in [-0.15, -0.1) is 0 Å². The van der Waals surface area contributed by atoms with Crippen LogP contribution in [0.5, 0.6) is 0 Å². The molecule has 0 N–H and O–H groups in total. The molecule has 0 saturated carbocycles.